The molecule has 104 valence electrons. The van der Waals surface area contributed by atoms with Gasteiger partial charge in [0.15, 0.2) is 6.04 Å². The Kier molecular flexibility index (Phi) is 5.32. The van der Waals surface area contributed by atoms with Crippen molar-refractivity contribution in [3.05, 3.63) is 29.8 Å². The summed E-state index contributed by atoms with van der Waals surface area (Å²) in [6, 6.07) is 5.15. The molecule has 0 aromatic heterocycles. The van der Waals surface area contributed by atoms with Gasteiger partial charge in [-0.2, -0.15) is 0 Å². The standard InChI is InChI=1S/C13H17NO5/c1-3-19-10-7-5-4-6-9(10)12(16)14-11(8(2)15)13(17)18/h4-8,11,15H,3H2,1-2H3,(H,14,16)(H,17,18)/t8-,11+/m1/s1. The van der Waals surface area contributed by atoms with E-state index in [-0.39, 0.29) is 5.56 Å². The summed E-state index contributed by atoms with van der Waals surface area (Å²) in [4.78, 5) is 22.9. The number of hydrogen-bond acceptors (Lipinski definition) is 4. The second kappa shape index (κ2) is 6.75. The second-order valence-corrected chi connectivity index (χ2v) is 3.96. The maximum atomic E-state index is 12.0. The van der Waals surface area contributed by atoms with Crippen LogP contribution in [0.5, 0.6) is 5.75 Å². The predicted molar refractivity (Wildman–Crippen MR) is 68.2 cm³/mol. The number of rotatable bonds is 6. The van der Waals surface area contributed by atoms with Crippen LogP contribution in [0.1, 0.15) is 24.2 Å². The molecule has 1 aromatic carbocycles. The van der Waals surface area contributed by atoms with Crippen LogP contribution >= 0.6 is 0 Å². The lowest BCUT2D eigenvalue weighted by atomic mass is 10.1. The normalized spacial score (nSPS) is 13.4. The van der Waals surface area contributed by atoms with Gasteiger partial charge < -0.3 is 20.3 Å². The predicted octanol–water partition coefficient (Wildman–Crippen LogP) is 0.649. The van der Waals surface area contributed by atoms with Crippen molar-refractivity contribution in [2.75, 3.05) is 6.61 Å². The number of carboxylic acids is 1. The van der Waals surface area contributed by atoms with Gasteiger partial charge in [-0.15, -0.1) is 0 Å². The Labute approximate surface area is 111 Å². The molecule has 0 spiro atoms. The van der Waals surface area contributed by atoms with E-state index in [9.17, 15) is 14.7 Å². The zero-order chi connectivity index (χ0) is 14.4. The molecular formula is C13H17NO5. The van der Waals surface area contributed by atoms with Gasteiger partial charge >= 0.3 is 5.97 Å². The molecule has 0 radical (unpaired) electrons. The molecule has 0 unspecified atom stereocenters. The highest BCUT2D eigenvalue weighted by atomic mass is 16.5. The molecule has 0 fully saturated rings. The monoisotopic (exact) mass is 267 g/mol. The van der Waals surface area contributed by atoms with Crippen molar-refractivity contribution in [3.8, 4) is 5.75 Å². The molecule has 0 aliphatic rings. The number of carboxylic acid groups (broad SMARTS) is 1. The van der Waals surface area contributed by atoms with Crippen LogP contribution in [0, 0.1) is 0 Å². The average Bonchev–Trinajstić information content (AvgIpc) is 2.36. The maximum Gasteiger partial charge on any atom is 0.328 e. The van der Waals surface area contributed by atoms with Crippen molar-refractivity contribution in [1.29, 1.82) is 0 Å². The second-order valence-electron chi connectivity index (χ2n) is 3.96. The molecule has 19 heavy (non-hydrogen) atoms. The van der Waals surface area contributed by atoms with Crippen LogP contribution in [0.25, 0.3) is 0 Å². The van der Waals surface area contributed by atoms with Crippen LogP contribution in [0.4, 0.5) is 0 Å². The minimum atomic E-state index is -1.36. The first-order valence-corrected chi connectivity index (χ1v) is 5.91. The maximum absolute atomic E-state index is 12.0. The lowest BCUT2D eigenvalue weighted by Crippen LogP contribution is -2.47. The highest BCUT2D eigenvalue weighted by Crippen LogP contribution is 2.18. The number of hydrogen-bond donors (Lipinski definition) is 3. The van der Waals surface area contributed by atoms with E-state index < -0.39 is 24.0 Å². The van der Waals surface area contributed by atoms with E-state index in [2.05, 4.69) is 5.32 Å². The number of nitrogens with one attached hydrogen (secondary N) is 1. The molecule has 0 saturated heterocycles. The summed E-state index contributed by atoms with van der Waals surface area (Å²) in [6.45, 7) is 3.47. The van der Waals surface area contributed by atoms with Crippen LogP contribution in [0.3, 0.4) is 0 Å². The lowest BCUT2D eigenvalue weighted by Gasteiger charge is -2.18. The highest BCUT2D eigenvalue weighted by molar-refractivity contribution is 5.99. The van der Waals surface area contributed by atoms with Gasteiger partial charge in [0.25, 0.3) is 5.91 Å². The zero-order valence-electron chi connectivity index (χ0n) is 10.8. The molecule has 1 aromatic rings. The third-order valence-electron chi connectivity index (χ3n) is 2.47. The quantitative estimate of drug-likeness (QED) is 0.703. The van der Waals surface area contributed by atoms with Gasteiger partial charge in [0, 0.05) is 0 Å². The van der Waals surface area contributed by atoms with Crippen LogP contribution in [0.2, 0.25) is 0 Å². The number of aliphatic hydroxyl groups is 1. The van der Waals surface area contributed by atoms with Crippen LogP contribution in [-0.4, -0.2) is 40.8 Å². The van der Waals surface area contributed by atoms with Gasteiger partial charge in [-0.05, 0) is 26.0 Å². The molecule has 0 bridgehead atoms. The summed E-state index contributed by atoms with van der Waals surface area (Å²) in [7, 11) is 0. The Morgan fingerprint density at radius 2 is 2.00 bits per heavy atom. The number of carbonyl (C=O) groups is 2. The Bertz CT molecular complexity index is 458. The topological polar surface area (TPSA) is 95.9 Å². The van der Waals surface area contributed by atoms with E-state index in [0.717, 1.165) is 0 Å². The summed E-state index contributed by atoms with van der Waals surface area (Å²) in [5, 5.41) is 20.5. The van der Waals surface area contributed by atoms with Gasteiger partial charge in [0.2, 0.25) is 0 Å². The van der Waals surface area contributed by atoms with Gasteiger partial charge in [-0.25, -0.2) is 4.79 Å². The number of ether oxygens (including phenoxy) is 1. The average molecular weight is 267 g/mol. The van der Waals surface area contributed by atoms with Crippen LogP contribution in [0.15, 0.2) is 24.3 Å². The summed E-state index contributed by atoms with van der Waals surface area (Å²) in [5.74, 6) is -1.52. The molecular weight excluding hydrogens is 250 g/mol. The number of aliphatic carboxylic acids is 1. The first kappa shape index (κ1) is 15.0. The third kappa shape index (κ3) is 3.96. The van der Waals surface area contributed by atoms with E-state index in [0.29, 0.717) is 12.4 Å². The van der Waals surface area contributed by atoms with E-state index in [1.807, 2.05) is 0 Å². The van der Waals surface area contributed by atoms with Crippen molar-refractivity contribution in [1.82, 2.24) is 5.32 Å². The van der Waals surface area contributed by atoms with Crippen molar-refractivity contribution < 1.29 is 24.5 Å². The Hall–Kier alpha value is -2.08. The summed E-state index contributed by atoms with van der Waals surface area (Å²) >= 11 is 0. The number of carbonyl (C=O) groups excluding carboxylic acids is 1. The first-order chi connectivity index (χ1) is 8.97. The Morgan fingerprint density at radius 1 is 1.37 bits per heavy atom. The lowest BCUT2D eigenvalue weighted by molar-refractivity contribution is -0.141. The fraction of sp³-hybridized carbons (Fsp3) is 0.385. The number of amides is 1. The fourth-order valence-corrected chi connectivity index (χ4v) is 1.54. The molecule has 2 atom stereocenters. The third-order valence-corrected chi connectivity index (χ3v) is 2.47. The highest BCUT2D eigenvalue weighted by Gasteiger charge is 2.26. The van der Waals surface area contributed by atoms with Crippen LogP contribution in [-0.2, 0) is 4.79 Å². The largest absolute Gasteiger partial charge is 0.493 e. The van der Waals surface area contributed by atoms with Crippen molar-refractivity contribution in [2.24, 2.45) is 0 Å². The summed E-state index contributed by atoms with van der Waals surface area (Å²) in [5.41, 5.74) is 0.233. The van der Waals surface area contributed by atoms with Gasteiger partial charge in [-0.3, -0.25) is 4.79 Å². The smallest absolute Gasteiger partial charge is 0.328 e. The Morgan fingerprint density at radius 3 is 2.53 bits per heavy atom. The minimum Gasteiger partial charge on any atom is -0.493 e. The summed E-state index contributed by atoms with van der Waals surface area (Å²) in [6.07, 6.45) is -1.19. The van der Waals surface area contributed by atoms with Gasteiger partial charge in [-0.1, -0.05) is 12.1 Å². The molecule has 1 amide bonds. The van der Waals surface area contributed by atoms with E-state index in [1.54, 1.807) is 25.1 Å². The SMILES string of the molecule is CCOc1ccccc1C(=O)N[C@H](C(=O)O)[C@@H](C)O. The molecule has 0 aliphatic carbocycles. The molecule has 0 heterocycles. The molecule has 6 nitrogen and oxygen atoms in total. The Balaban J connectivity index is 2.91. The minimum absolute atomic E-state index is 0.233. The zero-order valence-corrected chi connectivity index (χ0v) is 10.8. The van der Waals surface area contributed by atoms with Crippen molar-refractivity contribution in [3.63, 3.8) is 0 Å². The van der Waals surface area contributed by atoms with Crippen molar-refractivity contribution in [2.45, 2.75) is 26.0 Å². The van der Waals surface area contributed by atoms with E-state index in [4.69, 9.17) is 9.84 Å². The number of aliphatic hydroxyl groups excluding tert-OH is 1. The van der Waals surface area contributed by atoms with Gasteiger partial charge in [0.1, 0.15) is 5.75 Å². The van der Waals surface area contributed by atoms with Gasteiger partial charge in [0.05, 0.1) is 18.3 Å². The van der Waals surface area contributed by atoms with E-state index in [1.165, 1.54) is 13.0 Å². The molecule has 3 N–H and O–H groups in total. The van der Waals surface area contributed by atoms with Crippen LogP contribution < -0.4 is 10.1 Å². The molecule has 6 heteroatoms. The summed E-state index contributed by atoms with van der Waals surface area (Å²) < 4.78 is 5.29. The molecule has 0 saturated carbocycles. The molecule has 1 rings (SSSR count). The van der Waals surface area contributed by atoms with Crippen molar-refractivity contribution >= 4 is 11.9 Å². The number of para-hydroxylation sites is 1. The fourth-order valence-electron chi connectivity index (χ4n) is 1.54. The number of benzene rings is 1. The first-order valence-electron chi connectivity index (χ1n) is 5.91. The molecule has 0 aliphatic heterocycles. The van der Waals surface area contributed by atoms with E-state index >= 15 is 0 Å².